The number of piperidine rings is 1. The minimum Gasteiger partial charge on any atom is -0.355 e. The Hall–Kier alpha value is -1.36. The number of hydrogen-bond donors (Lipinski definition) is 2. The quantitative estimate of drug-likeness (QED) is 0.849. The molecule has 0 spiro atoms. The van der Waals surface area contributed by atoms with Crippen molar-refractivity contribution in [3.8, 4) is 0 Å². The minimum absolute atomic E-state index is 0.0601. The molecule has 19 heavy (non-hydrogen) atoms. The van der Waals surface area contributed by atoms with Crippen molar-refractivity contribution in [2.24, 2.45) is 0 Å². The smallest absolute Gasteiger partial charge is 0.239 e. The highest BCUT2D eigenvalue weighted by atomic mass is 16.1. The monoisotopic (exact) mass is 264 g/mol. The van der Waals surface area contributed by atoms with Gasteiger partial charge in [-0.2, -0.15) is 0 Å². The second-order valence-electron chi connectivity index (χ2n) is 5.35. The average molecular weight is 264 g/mol. The molecule has 2 atom stereocenters. The molecule has 0 radical (unpaired) electrons. The van der Waals surface area contributed by atoms with Gasteiger partial charge in [0.1, 0.15) is 6.54 Å². The molecule has 5 nitrogen and oxygen atoms in total. The van der Waals surface area contributed by atoms with Gasteiger partial charge in [0, 0.05) is 24.8 Å². The third-order valence-corrected chi connectivity index (χ3v) is 3.60. The molecule has 106 valence electrons. The van der Waals surface area contributed by atoms with E-state index in [0.717, 1.165) is 25.1 Å². The molecule has 2 rings (SSSR count). The third kappa shape index (κ3) is 3.80. The van der Waals surface area contributed by atoms with E-state index in [-0.39, 0.29) is 5.91 Å². The van der Waals surface area contributed by atoms with Crippen molar-refractivity contribution in [1.29, 1.82) is 0 Å². The predicted octanol–water partition coefficient (Wildman–Crippen LogP) is 1.61. The summed E-state index contributed by atoms with van der Waals surface area (Å²) >= 11 is 0. The molecule has 0 bridgehead atoms. The Morgan fingerprint density at radius 2 is 2.42 bits per heavy atom. The first-order chi connectivity index (χ1) is 9.20. The third-order valence-electron chi connectivity index (χ3n) is 3.60. The van der Waals surface area contributed by atoms with Crippen LogP contribution >= 0.6 is 0 Å². The number of carbonyl (C=O) groups is 1. The summed E-state index contributed by atoms with van der Waals surface area (Å²) in [5.74, 6) is 0.0601. The first-order valence-corrected chi connectivity index (χ1v) is 7.23. The van der Waals surface area contributed by atoms with Crippen LogP contribution in [0, 0.1) is 0 Å². The Labute approximate surface area is 114 Å². The zero-order chi connectivity index (χ0) is 13.7. The van der Waals surface area contributed by atoms with Crippen molar-refractivity contribution in [3.05, 3.63) is 18.2 Å². The van der Waals surface area contributed by atoms with Crippen LogP contribution in [0.2, 0.25) is 0 Å². The summed E-state index contributed by atoms with van der Waals surface area (Å²) in [5, 5.41) is 6.48. The summed E-state index contributed by atoms with van der Waals surface area (Å²) in [6.45, 7) is 5.36. The summed E-state index contributed by atoms with van der Waals surface area (Å²) in [5.41, 5.74) is 1.12. The fourth-order valence-corrected chi connectivity index (χ4v) is 2.60. The molecule has 2 unspecified atom stereocenters. The van der Waals surface area contributed by atoms with Crippen LogP contribution in [0.5, 0.6) is 0 Å². The Morgan fingerprint density at radius 1 is 1.58 bits per heavy atom. The molecule has 1 aliphatic heterocycles. The molecule has 1 aliphatic rings. The lowest BCUT2D eigenvalue weighted by atomic mass is 9.97. The van der Waals surface area contributed by atoms with Crippen molar-refractivity contribution < 1.29 is 4.79 Å². The molecule has 2 heterocycles. The van der Waals surface area contributed by atoms with Crippen molar-refractivity contribution >= 4 is 5.91 Å². The van der Waals surface area contributed by atoms with E-state index in [1.54, 1.807) is 6.33 Å². The van der Waals surface area contributed by atoms with E-state index in [1.165, 1.54) is 12.8 Å². The van der Waals surface area contributed by atoms with Gasteiger partial charge in [-0.3, -0.25) is 4.79 Å². The van der Waals surface area contributed by atoms with Crippen LogP contribution in [-0.4, -0.2) is 28.0 Å². The molecule has 5 heteroatoms. The number of carbonyl (C=O) groups excluding carboxylic acids is 1. The standard InChI is InChI=1S/C14H24N4O/c1-3-7-16-14(19)9-18-10-15-8-13(18)12-6-4-5-11(2)17-12/h8,10-12,17H,3-7,9H2,1-2H3,(H,16,19). The topological polar surface area (TPSA) is 59.0 Å². The fourth-order valence-electron chi connectivity index (χ4n) is 2.60. The number of nitrogens with one attached hydrogen (secondary N) is 2. The van der Waals surface area contributed by atoms with Crippen molar-refractivity contribution in [3.63, 3.8) is 0 Å². The molecule has 2 N–H and O–H groups in total. The summed E-state index contributed by atoms with van der Waals surface area (Å²) in [4.78, 5) is 16.0. The maximum Gasteiger partial charge on any atom is 0.239 e. The highest BCUT2D eigenvalue weighted by Gasteiger charge is 2.22. The summed E-state index contributed by atoms with van der Waals surface area (Å²) < 4.78 is 1.96. The minimum atomic E-state index is 0.0601. The zero-order valence-electron chi connectivity index (χ0n) is 11.9. The van der Waals surface area contributed by atoms with E-state index in [9.17, 15) is 4.79 Å². The largest absolute Gasteiger partial charge is 0.355 e. The van der Waals surface area contributed by atoms with E-state index in [1.807, 2.05) is 10.8 Å². The van der Waals surface area contributed by atoms with Crippen LogP contribution in [0.1, 0.15) is 51.3 Å². The lowest BCUT2D eigenvalue weighted by Crippen LogP contribution is -2.36. The molecule has 1 amide bonds. The highest BCUT2D eigenvalue weighted by Crippen LogP contribution is 2.25. The number of nitrogens with zero attached hydrogens (tertiary/aromatic N) is 2. The maximum absolute atomic E-state index is 11.8. The van der Waals surface area contributed by atoms with E-state index < -0.39 is 0 Å². The predicted molar refractivity (Wildman–Crippen MR) is 74.7 cm³/mol. The van der Waals surface area contributed by atoms with Crippen LogP contribution in [0.3, 0.4) is 0 Å². The molecule has 1 aromatic rings. The first kappa shape index (κ1) is 14.1. The van der Waals surface area contributed by atoms with Gasteiger partial charge in [0.25, 0.3) is 0 Å². The van der Waals surface area contributed by atoms with Crippen LogP contribution in [0.25, 0.3) is 0 Å². The van der Waals surface area contributed by atoms with E-state index in [4.69, 9.17) is 0 Å². The molecule has 1 saturated heterocycles. The molecule has 1 aromatic heterocycles. The second kappa shape index (κ2) is 6.70. The van der Waals surface area contributed by atoms with Crippen LogP contribution < -0.4 is 10.6 Å². The molecule has 1 fully saturated rings. The maximum atomic E-state index is 11.8. The van der Waals surface area contributed by atoms with E-state index in [0.29, 0.717) is 18.6 Å². The van der Waals surface area contributed by atoms with Gasteiger partial charge in [-0.05, 0) is 32.6 Å². The molecule has 0 saturated carbocycles. The van der Waals surface area contributed by atoms with Gasteiger partial charge in [-0.15, -0.1) is 0 Å². The lowest BCUT2D eigenvalue weighted by Gasteiger charge is -2.29. The number of imidazole rings is 1. The lowest BCUT2D eigenvalue weighted by molar-refractivity contribution is -0.121. The van der Waals surface area contributed by atoms with Crippen LogP contribution in [-0.2, 0) is 11.3 Å². The van der Waals surface area contributed by atoms with Gasteiger partial charge >= 0.3 is 0 Å². The van der Waals surface area contributed by atoms with E-state index in [2.05, 4.69) is 29.5 Å². The van der Waals surface area contributed by atoms with Crippen LogP contribution in [0.4, 0.5) is 0 Å². The van der Waals surface area contributed by atoms with Crippen molar-refractivity contribution in [2.75, 3.05) is 6.54 Å². The Bertz CT molecular complexity index is 415. The number of rotatable bonds is 5. The summed E-state index contributed by atoms with van der Waals surface area (Å²) in [7, 11) is 0. The van der Waals surface area contributed by atoms with Crippen LogP contribution in [0.15, 0.2) is 12.5 Å². The highest BCUT2D eigenvalue weighted by molar-refractivity contribution is 5.75. The first-order valence-electron chi connectivity index (χ1n) is 7.23. The second-order valence-corrected chi connectivity index (χ2v) is 5.35. The Balaban J connectivity index is 1.98. The summed E-state index contributed by atoms with van der Waals surface area (Å²) in [6.07, 6.45) is 8.16. The van der Waals surface area contributed by atoms with Crippen molar-refractivity contribution in [2.45, 2.75) is 58.2 Å². The fraction of sp³-hybridized carbons (Fsp3) is 0.714. The van der Waals surface area contributed by atoms with Gasteiger partial charge in [-0.1, -0.05) is 6.92 Å². The average Bonchev–Trinajstić information content (AvgIpc) is 2.84. The Morgan fingerprint density at radius 3 is 3.16 bits per heavy atom. The van der Waals surface area contributed by atoms with Gasteiger partial charge in [0.2, 0.25) is 5.91 Å². The molecular formula is C14H24N4O. The zero-order valence-corrected chi connectivity index (χ0v) is 11.9. The number of amides is 1. The molecular weight excluding hydrogens is 240 g/mol. The normalized spacial score (nSPS) is 23.3. The van der Waals surface area contributed by atoms with Gasteiger partial charge in [0.15, 0.2) is 0 Å². The molecule has 0 aliphatic carbocycles. The summed E-state index contributed by atoms with van der Waals surface area (Å²) in [6, 6.07) is 0.862. The van der Waals surface area contributed by atoms with Gasteiger partial charge < -0.3 is 15.2 Å². The van der Waals surface area contributed by atoms with Gasteiger partial charge in [0.05, 0.1) is 12.0 Å². The van der Waals surface area contributed by atoms with Crippen molar-refractivity contribution in [1.82, 2.24) is 20.2 Å². The van der Waals surface area contributed by atoms with Gasteiger partial charge in [-0.25, -0.2) is 4.98 Å². The SMILES string of the molecule is CCCNC(=O)Cn1cncc1C1CCCC(C)N1. The number of aromatic nitrogens is 2. The number of hydrogen-bond acceptors (Lipinski definition) is 3. The Kier molecular flexibility index (Phi) is 4.96. The molecule has 0 aromatic carbocycles. The van der Waals surface area contributed by atoms with E-state index >= 15 is 0 Å².